The average Bonchev–Trinajstić information content (AvgIpc) is 2.70. The van der Waals surface area contributed by atoms with Gasteiger partial charge in [0.05, 0.1) is 23.0 Å². The normalized spacial score (nSPS) is 15.6. The fourth-order valence-electron chi connectivity index (χ4n) is 3.39. The van der Waals surface area contributed by atoms with E-state index in [1.165, 1.54) is 43.9 Å². The van der Waals surface area contributed by atoms with Gasteiger partial charge in [-0.15, -0.1) is 0 Å². The Morgan fingerprint density at radius 1 is 0.900 bits per heavy atom. The van der Waals surface area contributed by atoms with E-state index < -0.39 is 43.8 Å². The zero-order valence-corrected chi connectivity index (χ0v) is 21.2. The van der Waals surface area contributed by atoms with Crippen LogP contribution in [0.15, 0.2) is 0 Å². The second-order valence-electron chi connectivity index (χ2n) is 8.22. The standard InChI is InChI=1S/C21H40O6S3/c1-4-5-6-7-8-9-10-11-12-13-20(30(25)26)18(3)21(22)27-15-17(2)14-19(16-28)29(23)24/h16-20,29-30H,4-15H2,1-3H3. The lowest BCUT2D eigenvalue weighted by Gasteiger charge is -2.19. The quantitative estimate of drug-likeness (QED) is 0.123. The first-order chi connectivity index (χ1) is 14.2. The molecule has 0 aromatic heterocycles. The van der Waals surface area contributed by atoms with Gasteiger partial charge in [-0.3, -0.25) is 4.79 Å². The van der Waals surface area contributed by atoms with Gasteiger partial charge in [0, 0.05) is 0 Å². The van der Waals surface area contributed by atoms with Gasteiger partial charge in [-0.1, -0.05) is 90.8 Å². The molecule has 0 rings (SSSR count). The minimum absolute atomic E-state index is 0.0480. The highest BCUT2D eigenvalue weighted by molar-refractivity contribution is 7.82. The molecule has 0 spiro atoms. The molecule has 4 unspecified atom stereocenters. The monoisotopic (exact) mass is 484 g/mol. The molecule has 0 bridgehead atoms. The van der Waals surface area contributed by atoms with Crippen molar-refractivity contribution in [2.24, 2.45) is 11.8 Å². The van der Waals surface area contributed by atoms with Crippen LogP contribution in [0.4, 0.5) is 0 Å². The van der Waals surface area contributed by atoms with Crippen molar-refractivity contribution < 1.29 is 26.4 Å². The summed E-state index contributed by atoms with van der Waals surface area (Å²) in [5, 5.41) is -0.246. The van der Waals surface area contributed by atoms with Gasteiger partial charge in [-0.05, 0) is 24.1 Å². The minimum Gasteiger partial charge on any atom is -0.465 e. The van der Waals surface area contributed by atoms with E-state index in [9.17, 15) is 21.6 Å². The molecule has 0 aliphatic carbocycles. The Bertz CT molecular complexity index is 614. The molecule has 30 heavy (non-hydrogen) atoms. The molecule has 0 heterocycles. The number of carbonyl (C=O) groups is 1. The summed E-state index contributed by atoms with van der Waals surface area (Å²) in [6.07, 6.45) is 11.1. The van der Waals surface area contributed by atoms with Crippen LogP contribution in [0.3, 0.4) is 0 Å². The predicted molar refractivity (Wildman–Crippen MR) is 128 cm³/mol. The third-order valence-electron chi connectivity index (χ3n) is 5.41. The number of rotatable bonds is 19. The van der Waals surface area contributed by atoms with Gasteiger partial charge >= 0.3 is 5.97 Å². The molecule has 0 radical (unpaired) electrons. The van der Waals surface area contributed by atoms with Crippen LogP contribution in [-0.4, -0.2) is 45.3 Å². The lowest BCUT2D eigenvalue weighted by Crippen LogP contribution is -2.30. The van der Waals surface area contributed by atoms with Crippen molar-refractivity contribution in [1.82, 2.24) is 0 Å². The number of hydrogen-bond donors (Lipinski definition) is 2. The van der Waals surface area contributed by atoms with E-state index in [0.717, 1.165) is 19.3 Å². The number of thiocarbonyl (C=S) groups is 1. The molecular weight excluding hydrogens is 444 g/mol. The smallest absolute Gasteiger partial charge is 0.309 e. The molecular formula is C21H40O6S3. The van der Waals surface area contributed by atoms with E-state index in [0.29, 0.717) is 6.42 Å². The molecule has 0 aliphatic rings. The molecule has 0 N–H and O–H groups in total. The summed E-state index contributed by atoms with van der Waals surface area (Å²) < 4.78 is 50.7. The van der Waals surface area contributed by atoms with Crippen molar-refractivity contribution in [3.05, 3.63) is 0 Å². The van der Waals surface area contributed by atoms with Crippen molar-refractivity contribution in [3.8, 4) is 0 Å². The molecule has 9 heteroatoms. The van der Waals surface area contributed by atoms with Crippen LogP contribution in [0.2, 0.25) is 0 Å². The van der Waals surface area contributed by atoms with Crippen molar-refractivity contribution in [2.75, 3.05) is 6.61 Å². The first-order valence-electron chi connectivity index (χ1n) is 11.1. The molecule has 6 nitrogen and oxygen atoms in total. The summed E-state index contributed by atoms with van der Waals surface area (Å²) in [7, 11) is -5.37. The highest BCUT2D eigenvalue weighted by Gasteiger charge is 2.28. The summed E-state index contributed by atoms with van der Waals surface area (Å²) in [6.45, 7) is 5.61. The Balaban J connectivity index is 4.28. The van der Waals surface area contributed by atoms with Crippen LogP contribution in [0.1, 0.15) is 91.4 Å². The summed E-state index contributed by atoms with van der Waals surface area (Å²) in [5.41, 5.74) is 0. The maximum absolute atomic E-state index is 12.3. The Hall–Kier alpha value is -0.540. The third-order valence-corrected chi connectivity index (χ3v) is 8.08. The van der Waals surface area contributed by atoms with Crippen molar-refractivity contribution in [2.45, 2.75) is 102 Å². The Kier molecular flexibility index (Phi) is 17.7. The number of carbonyl (C=O) groups excluding carboxylic acids is 1. The van der Waals surface area contributed by atoms with Gasteiger partial charge in [0.2, 0.25) is 0 Å². The zero-order chi connectivity index (χ0) is 22.9. The van der Waals surface area contributed by atoms with Crippen molar-refractivity contribution >= 4 is 45.0 Å². The fraction of sp³-hybridized carbons (Fsp3) is 0.905. The van der Waals surface area contributed by atoms with Crippen LogP contribution in [-0.2, 0) is 30.9 Å². The third kappa shape index (κ3) is 13.7. The van der Waals surface area contributed by atoms with E-state index in [1.807, 2.05) is 0 Å². The van der Waals surface area contributed by atoms with Crippen LogP contribution in [0.5, 0.6) is 0 Å². The second kappa shape index (κ2) is 18.1. The Morgan fingerprint density at radius 3 is 1.90 bits per heavy atom. The van der Waals surface area contributed by atoms with Crippen molar-refractivity contribution in [3.63, 3.8) is 0 Å². The van der Waals surface area contributed by atoms with Gasteiger partial charge < -0.3 is 4.74 Å². The molecule has 0 amide bonds. The maximum Gasteiger partial charge on any atom is 0.309 e. The summed E-state index contributed by atoms with van der Waals surface area (Å²) in [6, 6.07) is 0. The predicted octanol–water partition coefficient (Wildman–Crippen LogP) is 4.07. The van der Waals surface area contributed by atoms with Gasteiger partial charge in [0.15, 0.2) is 0 Å². The van der Waals surface area contributed by atoms with Crippen LogP contribution >= 0.6 is 12.2 Å². The van der Waals surface area contributed by atoms with E-state index in [2.05, 4.69) is 6.92 Å². The molecule has 0 fully saturated rings. The first-order valence-corrected chi connectivity index (χ1v) is 14.1. The van der Waals surface area contributed by atoms with E-state index in [1.54, 1.807) is 13.8 Å². The number of esters is 1. The van der Waals surface area contributed by atoms with Crippen LogP contribution < -0.4 is 0 Å². The molecule has 0 saturated heterocycles. The van der Waals surface area contributed by atoms with Gasteiger partial charge in [0.1, 0.15) is 21.4 Å². The van der Waals surface area contributed by atoms with Gasteiger partial charge in [0.25, 0.3) is 0 Å². The molecule has 178 valence electrons. The lowest BCUT2D eigenvalue weighted by molar-refractivity contribution is -0.149. The van der Waals surface area contributed by atoms with E-state index >= 15 is 0 Å². The first kappa shape index (κ1) is 29.5. The summed E-state index contributed by atoms with van der Waals surface area (Å²) in [4.78, 5) is 12.3. The topological polar surface area (TPSA) is 94.6 Å². The summed E-state index contributed by atoms with van der Waals surface area (Å²) >= 11 is 4.71. The molecule has 0 aliphatic heterocycles. The van der Waals surface area contributed by atoms with Crippen molar-refractivity contribution in [1.29, 1.82) is 0 Å². The number of thiol groups is 2. The Morgan fingerprint density at radius 2 is 1.43 bits per heavy atom. The Labute approximate surface area is 191 Å². The molecule has 4 atom stereocenters. The SMILES string of the molecule is CCCCCCCCCCCC(C(C)C(=O)OCC(C)CC(C=S)[SH](=O)=O)[SH](=O)=O. The van der Waals surface area contributed by atoms with Gasteiger partial charge in [-0.25, -0.2) is 16.8 Å². The summed E-state index contributed by atoms with van der Waals surface area (Å²) in [5.74, 6) is -1.47. The largest absolute Gasteiger partial charge is 0.465 e. The van der Waals surface area contributed by atoms with Crippen LogP contribution in [0.25, 0.3) is 0 Å². The number of hydrogen-bond acceptors (Lipinski definition) is 7. The molecule has 0 aromatic rings. The highest BCUT2D eigenvalue weighted by atomic mass is 32.2. The van der Waals surface area contributed by atoms with E-state index in [4.69, 9.17) is 17.0 Å². The highest BCUT2D eigenvalue weighted by Crippen LogP contribution is 2.19. The van der Waals surface area contributed by atoms with Gasteiger partial charge in [-0.2, -0.15) is 0 Å². The average molecular weight is 485 g/mol. The number of ether oxygens (including phenoxy) is 1. The molecule has 0 saturated carbocycles. The molecule has 0 aromatic carbocycles. The maximum atomic E-state index is 12.3. The lowest BCUT2D eigenvalue weighted by atomic mass is 10.0. The number of unbranched alkanes of at least 4 members (excludes halogenated alkanes) is 8. The van der Waals surface area contributed by atoms with Crippen LogP contribution in [0, 0.1) is 11.8 Å². The zero-order valence-electron chi connectivity index (χ0n) is 18.6. The fourth-order valence-corrected chi connectivity index (χ4v) is 5.31. The second-order valence-corrected chi connectivity index (χ2v) is 11.0. The van der Waals surface area contributed by atoms with E-state index in [-0.39, 0.29) is 18.9 Å². The minimum atomic E-state index is -2.72.